The number of benzene rings is 3. The molecule has 32 heavy (non-hydrogen) atoms. The lowest BCUT2D eigenvalue weighted by Crippen LogP contribution is -2.30. The molecule has 0 amide bonds. The van der Waals surface area contributed by atoms with Gasteiger partial charge in [0, 0.05) is 16.7 Å². The summed E-state index contributed by atoms with van der Waals surface area (Å²) in [5.41, 5.74) is 12.2. The first kappa shape index (κ1) is 20.8. The lowest BCUT2D eigenvalue weighted by Gasteiger charge is -2.20. The molecular weight excluding hydrogens is 388 g/mol. The van der Waals surface area contributed by atoms with Gasteiger partial charge in [0.25, 0.3) is 5.82 Å². The van der Waals surface area contributed by atoms with Crippen LogP contribution in [0.2, 0.25) is 0 Å². The maximum atomic E-state index is 2.45. The molecule has 0 spiro atoms. The van der Waals surface area contributed by atoms with Crippen molar-refractivity contribution in [1.82, 2.24) is 4.57 Å². The van der Waals surface area contributed by atoms with Gasteiger partial charge in [0.2, 0.25) is 0 Å². The average Bonchev–Trinajstić information content (AvgIpc) is 3.31. The average molecular weight is 422 g/mol. The second kappa shape index (κ2) is 7.78. The van der Waals surface area contributed by atoms with E-state index in [1.165, 1.54) is 56.0 Å². The quantitative estimate of drug-likeness (QED) is 0.269. The van der Waals surface area contributed by atoms with Gasteiger partial charge in [0.05, 0.1) is 5.56 Å². The predicted octanol–water partition coefficient (Wildman–Crippen LogP) is 7.32. The second-order valence-corrected chi connectivity index (χ2v) is 9.97. The first-order valence-corrected chi connectivity index (χ1v) is 11.8. The van der Waals surface area contributed by atoms with Gasteiger partial charge in [0.1, 0.15) is 24.6 Å². The topological polar surface area (TPSA) is 8.81 Å². The van der Waals surface area contributed by atoms with E-state index >= 15 is 0 Å². The highest BCUT2D eigenvalue weighted by molar-refractivity contribution is 5.72. The van der Waals surface area contributed by atoms with Crippen LogP contribution in [0.1, 0.15) is 67.3 Å². The van der Waals surface area contributed by atoms with Gasteiger partial charge < -0.3 is 0 Å². The summed E-state index contributed by atoms with van der Waals surface area (Å²) in [7, 11) is 0. The van der Waals surface area contributed by atoms with E-state index in [-0.39, 0.29) is 0 Å². The molecule has 0 saturated carbocycles. The van der Waals surface area contributed by atoms with Gasteiger partial charge >= 0.3 is 0 Å². The molecule has 2 heteroatoms. The summed E-state index contributed by atoms with van der Waals surface area (Å²) in [6.45, 7) is 14.6. The third kappa shape index (κ3) is 3.39. The molecule has 3 aromatic carbocycles. The van der Waals surface area contributed by atoms with E-state index < -0.39 is 0 Å². The summed E-state index contributed by atoms with van der Waals surface area (Å²) < 4.78 is 4.83. The van der Waals surface area contributed by atoms with Crippen LogP contribution in [0.5, 0.6) is 0 Å². The third-order valence-electron chi connectivity index (χ3n) is 6.70. The van der Waals surface area contributed by atoms with Gasteiger partial charge in [-0.25, -0.2) is 4.57 Å². The molecule has 162 valence electrons. The maximum absolute atomic E-state index is 2.45. The van der Waals surface area contributed by atoms with Gasteiger partial charge in [-0.15, -0.1) is 0 Å². The van der Waals surface area contributed by atoms with Crippen molar-refractivity contribution >= 4 is 0 Å². The van der Waals surface area contributed by atoms with E-state index in [0.717, 1.165) is 6.54 Å². The fraction of sp³-hybridized carbons (Fsp3) is 0.300. The number of fused-ring (bicyclic) bond motifs is 3. The van der Waals surface area contributed by atoms with Crippen LogP contribution in [-0.2, 0) is 6.54 Å². The number of aryl methyl sites for hydroxylation is 2. The molecule has 0 saturated heterocycles. The largest absolute Gasteiger partial charge is 0.294 e. The molecule has 0 unspecified atom stereocenters. The standard InChI is InChI=1S/C30H33N2/c1-19(2)27-16-25(24-14-21(5)13-22(6)15-24)17-28(20(3)4)29(27)32-12-11-31-18-23-9-7-8-10-26(23)30(31)32/h7-17,19-20H,18H2,1-6H3/q+1. The van der Waals surface area contributed by atoms with E-state index in [4.69, 9.17) is 0 Å². The van der Waals surface area contributed by atoms with Gasteiger partial charge in [-0.2, -0.15) is 4.57 Å². The first-order valence-electron chi connectivity index (χ1n) is 11.8. The zero-order valence-corrected chi connectivity index (χ0v) is 20.1. The van der Waals surface area contributed by atoms with Crippen molar-refractivity contribution in [3.8, 4) is 28.2 Å². The fourth-order valence-electron chi connectivity index (χ4n) is 5.23. The molecular formula is C30H33N2+. The summed E-state index contributed by atoms with van der Waals surface area (Å²) in [5.74, 6) is 2.14. The van der Waals surface area contributed by atoms with Crippen molar-refractivity contribution < 1.29 is 4.57 Å². The van der Waals surface area contributed by atoms with Crippen LogP contribution >= 0.6 is 0 Å². The Morgan fingerprint density at radius 3 is 2.00 bits per heavy atom. The van der Waals surface area contributed by atoms with E-state index in [9.17, 15) is 0 Å². The van der Waals surface area contributed by atoms with Crippen molar-refractivity contribution in [2.45, 2.75) is 59.9 Å². The Balaban J connectivity index is 1.78. The van der Waals surface area contributed by atoms with Crippen LogP contribution in [0.4, 0.5) is 0 Å². The van der Waals surface area contributed by atoms with E-state index in [1.807, 2.05) is 0 Å². The maximum Gasteiger partial charge on any atom is 0.294 e. The predicted molar refractivity (Wildman–Crippen MR) is 134 cm³/mol. The third-order valence-corrected chi connectivity index (χ3v) is 6.70. The van der Waals surface area contributed by atoms with Crippen LogP contribution in [0, 0.1) is 13.8 Å². The Bertz CT molecular complexity index is 1270. The molecule has 1 aromatic heterocycles. The molecule has 0 N–H and O–H groups in total. The second-order valence-electron chi connectivity index (χ2n) is 9.97. The van der Waals surface area contributed by atoms with Crippen LogP contribution in [0.25, 0.3) is 28.2 Å². The minimum absolute atomic E-state index is 0.424. The van der Waals surface area contributed by atoms with Crippen molar-refractivity contribution in [2.75, 3.05) is 0 Å². The van der Waals surface area contributed by atoms with Crippen LogP contribution in [0.15, 0.2) is 67.0 Å². The summed E-state index contributed by atoms with van der Waals surface area (Å²) in [6, 6.07) is 20.6. The van der Waals surface area contributed by atoms with Crippen LogP contribution < -0.4 is 4.57 Å². The molecule has 0 fully saturated rings. The summed E-state index contributed by atoms with van der Waals surface area (Å²) in [6.07, 6.45) is 4.50. The molecule has 0 atom stereocenters. The smallest absolute Gasteiger partial charge is 0.225 e. The summed E-state index contributed by atoms with van der Waals surface area (Å²) in [4.78, 5) is 0. The Hall–Kier alpha value is -3.13. The van der Waals surface area contributed by atoms with Crippen LogP contribution in [-0.4, -0.2) is 4.57 Å². The number of hydrogen-bond donors (Lipinski definition) is 0. The fourth-order valence-corrected chi connectivity index (χ4v) is 5.23. The molecule has 0 radical (unpaired) electrons. The summed E-state index contributed by atoms with van der Waals surface area (Å²) in [5, 5.41) is 0. The Morgan fingerprint density at radius 2 is 1.38 bits per heavy atom. The Kier molecular flexibility index (Phi) is 5.04. The minimum atomic E-state index is 0.424. The molecule has 0 aliphatic carbocycles. The van der Waals surface area contributed by atoms with E-state index in [0.29, 0.717) is 11.8 Å². The highest BCUT2D eigenvalue weighted by atomic mass is 15.2. The molecule has 0 bridgehead atoms. The minimum Gasteiger partial charge on any atom is -0.225 e. The highest BCUT2D eigenvalue weighted by Gasteiger charge is 2.32. The van der Waals surface area contributed by atoms with Crippen molar-refractivity contribution in [1.29, 1.82) is 0 Å². The Morgan fingerprint density at radius 1 is 0.781 bits per heavy atom. The van der Waals surface area contributed by atoms with Crippen LogP contribution in [0.3, 0.4) is 0 Å². The number of hydrogen-bond acceptors (Lipinski definition) is 0. The molecule has 1 aliphatic rings. The Labute approximate surface area is 192 Å². The number of imidazole rings is 1. The SMILES string of the molecule is Cc1cc(C)cc(-c2cc(C(C)C)c(-n3cc[n+]4c3-c3ccccc3C4)c(C(C)C)c2)c1. The summed E-state index contributed by atoms with van der Waals surface area (Å²) >= 11 is 0. The van der Waals surface area contributed by atoms with Crippen molar-refractivity contribution in [3.05, 3.63) is 94.8 Å². The monoisotopic (exact) mass is 421 g/mol. The lowest BCUT2D eigenvalue weighted by molar-refractivity contribution is -0.671. The number of aromatic nitrogens is 2. The highest BCUT2D eigenvalue weighted by Crippen LogP contribution is 2.39. The van der Waals surface area contributed by atoms with Gasteiger partial charge in [-0.3, -0.25) is 0 Å². The van der Waals surface area contributed by atoms with E-state index in [2.05, 4.69) is 118 Å². The van der Waals surface area contributed by atoms with Gasteiger partial charge in [-0.1, -0.05) is 75.2 Å². The molecule has 2 heterocycles. The zero-order valence-electron chi connectivity index (χ0n) is 20.1. The lowest BCUT2D eigenvalue weighted by atomic mass is 9.87. The van der Waals surface area contributed by atoms with Crippen molar-refractivity contribution in [2.24, 2.45) is 0 Å². The molecule has 2 nitrogen and oxygen atoms in total. The van der Waals surface area contributed by atoms with Crippen molar-refractivity contribution in [3.63, 3.8) is 0 Å². The van der Waals surface area contributed by atoms with Gasteiger partial charge in [0.15, 0.2) is 0 Å². The number of rotatable bonds is 4. The zero-order chi connectivity index (χ0) is 22.6. The van der Waals surface area contributed by atoms with E-state index in [1.54, 1.807) is 0 Å². The van der Waals surface area contributed by atoms with Gasteiger partial charge in [-0.05, 0) is 55.0 Å². The molecule has 5 rings (SSSR count). The first-order chi connectivity index (χ1) is 15.3. The molecule has 4 aromatic rings. The molecule has 1 aliphatic heterocycles. The number of nitrogens with zero attached hydrogens (tertiary/aromatic N) is 2. The normalized spacial score (nSPS) is 12.5.